The fourth-order valence-corrected chi connectivity index (χ4v) is 2.58. The third-order valence-corrected chi connectivity index (χ3v) is 4.31. The summed E-state index contributed by atoms with van der Waals surface area (Å²) < 4.78 is 5.32. The highest BCUT2D eigenvalue weighted by molar-refractivity contribution is 6.03. The average Bonchev–Trinajstić information content (AvgIpc) is 2.69. The van der Waals surface area contributed by atoms with E-state index in [9.17, 15) is 4.79 Å². The highest BCUT2D eigenvalue weighted by Gasteiger charge is 2.09. The maximum absolute atomic E-state index is 12.4. The van der Waals surface area contributed by atoms with Crippen LogP contribution in [0.15, 0.2) is 54.9 Å². The Bertz CT molecular complexity index is 939. The number of ether oxygens (including phenoxy) is 1. The van der Waals surface area contributed by atoms with E-state index in [0.29, 0.717) is 18.1 Å². The number of nitrogens with zero attached hydrogens (tertiary/aromatic N) is 2. The Labute approximate surface area is 158 Å². The van der Waals surface area contributed by atoms with Crippen molar-refractivity contribution in [1.29, 1.82) is 0 Å². The lowest BCUT2D eigenvalue weighted by atomic mass is 10.1. The number of para-hydroxylation sites is 1. The summed E-state index contributed by atoms with van der Waals surface area (Å²) in [6.45, 7) is 4.57. The van der Waals surface area contributed by atoms with Crippen molar-refractivity contribution in [3.8, 4) is 5.75 Å². The van der Waals surface area contributed by atoms with Crippen LogP contribution >= 0.6 is 0 Å². The molecule has 1 amide bonds. The first-order valence-electron chi connectivity index (χ1n) is 8.63. The molecule has 0 unspecified atom stereocenters. The molecule has 2 aromatic carbocycles. The minimum absolute atomic E-state index is 0.241. The Kier molecular flexibility index (Phi) is 5.66. The van der Waals surface area contributed by atoms with Gasteiger partial charge in [0.15, 0.2) is 0 Å². The molecule has 0 aliphatic rings. The summed E-state index contributed by atoms with van der Waals surface area (Å²) in [5, 5.41) is 5.99. The molecule has 6 heteroatoms. The number of hydrogen-bond donors (Lipinski definition) is 2. The van der Waals surface area contributed by atoms with E-state index in [1.54, 1.807) is 7.11 Å². The number of hydrogen-bond acceptors (Lipinski definition) is 5. The van der Waals surface area contributed by atoms with E-state index in [0.717, 1.165) is 22.6 Å². The standard InChI is InChI=1S/C21H22N4O2/c1-14-8-9-18(10-15(14)2)25-20(26)17-12-23-21(24-13-17)22-11-16-6-4-5-7-19(16)27-3/h4-10,12-13H,11H2,1-3H3,(H,25,26)(H,22,23,24). The smallest absolute Gasteiger partial charge is 0.258 e. The number of benzene rings is 2. The number of nitrogens with one attached hydrogen (secondary N) is 2. The molecule has 0 aliphatic carbocycles. The van der Waals surface area contributed by atoms with E-state index >= 15 is 0 Å². The molecule has 0 saturated carbocycles. The predicted octanol–water partition coefficient (Wildman–Crippen LogP) is 3.97. The van der Waals surface area contributed by atoms with Gasteiger partial charge in [-0.1, -0.05) is 24.3 Å². The lowest BCUT2D eigenvalue weighted by Gasteiger charge is -2.10. The van der Waals surface area contributed by atoms with E-state index in [4.69, 9.17) is 4.74 Å². The molecule has 0 bridgehead atoms. The van der Waals surface area contributed by atoms with Gasteiger partial charge in [-0.2, -0.15) is 0 Å². The van der Waals surface area contributed by atoms with Crippen LogP contribution < -0.4 is 15.4 Å². The molecule has 0 radical (unpaired) electrons. The second-order valence-electron chi connectivity index (χ2n) is 6.21. The van der Waals surface area contributed by atoms with E-state index in [2.05, 4.69) is 20.6 Å². The van der Waals surface area contributed by atoms with Crippen LogP contribution in [0.5, 0.6) is 5.75 Å². The summed E-state index contributed by atoms with van der Waals surface area (Å²) in [7, 11) is 1.64. The number of amides is 1. The highest BCUT2D eigenvalue weighted by atomic mass is 16.5. The maximum Gasteiger partial charge on any atom is 0.258 e. The molecular formula is C21H22N4O2. The van der Waals surface area contributed by atoms with Gasteiger partial charge in [-0.05, 0) is 43.2 Å². The highest BCUT2D eigenvalue weighted by Crippen LogP contribution is 2.18. The molecule has 1 aromatic heterocycles. The van der Waals surface area contributed by atoms with Gasteiger partial charge in [-0.25, -0.2) is 9.97 Å². The van der Waals surface area contributed by atoms with Crippen molar-refractivity contribution in [2.75, 3.05) is 17.7 Å². The topological polar surface area (TPSA) is 76.1 Å². The zero-order valence-electron chi connectivity index (χ0n) is 15.6. The Morgan fingerprint density at radius 1 is 1.04 bits per heavy atom. The van der Waals surface area contributed by atoms with Crippen molar-refractivity contribution in [2.45, 2.75) is 20.4 Å². The van der Waals surface area contributed by atoms with Gasteiger partial charge in [0.25, 0.3) is 5.91 Å². The first-order valence-corrected chi connectivity index (χ1v) is 8.63. The largest absolute Gasteiger partial charge is 0.496 e. The number of anilines is 2. The summed E-state index contributed by atoms with van der Waals surface area (Å²) in [5.41, 5.74) is 4.46. The minimum Gasteiger partial charge on any atom is -0.496 e. The summed E-state index contributed by atoms with van der Waals surface area (Å²) in [5.74, 6) is 1.01. The fraction of sp³-hybridized carbons (Fsp3) is 0.190. The molecule has 0 fully saturated rings. The van der Waals surface area contributed by atoms with Gasteiger partial charge >= 0.3 is 0 Å². The van der Waals surface area contributed by atoms with Gasteiger partial charge in [0, 0.05) is 30.2 Å². The summed E-state index contributed by atoms with van der Waals surface area (Å²) >= 11 is 0. The van der Waals surface area contributed by atoms with Crippen molar-refractivity contribution >= 4 is 17.5 Å². The lowest BCUT2D eigenvalue weighted by molar-refractivity contribution is 0.102. The van der Waals surface area contributed by atoms with Crippen molar-refractivity contribution in [3.63, 3.8) is 0 Å². The van der Waals surface area contributed by atoms with Crippen molar-refractivity contribution in [3.05, 3.63) is 77.1 Å². The van der Waals surface area contributed by atoms with Crippen molar-refractivity contribution < 1.29 is 9.53 Å². The lowest BCUT2D eigenvalue weighted by Crippen LogP contribution is -2.13. The number of carbonyl (C=O) groups excluding carboxylic acids is 1. The summed E-state index contributed by atoms with van der Waals surface area (Å²) in [6, 6.07) is 13.5. The Morgan fingerprint density at radius 2 is 1.78 bits per heavy atom. The van der Waals surface area contributed by atoms with E-state index in [1.165, 1.54) is 18.0 Å². The van der Waals surface area contributed by atoms with Crippen LogP contribution in [-0.2, 0) is 6.54 Å². The van der Waals surface area contributed by atoms with Crippen LogP contribution in [0.2, 0.25) is 0 Å². The summed E-state index contributed by atoms with van der Waals surface area (Å²) in [6.07, 6.45) is 3.02. The van der Waals surface area contributed by atoms with Crippen LogP contribution in [0.4, 0.5) is 11.6 Å². The number of rotatable bonds is 6. The Balaban J connectivity index is 1.62. The normalized spacial score (nSPS) is 10.3. The molecular weight excluding hydrogens is 340 g/mol. The Hall–Kier alpha value is -3.41. The summed E-state index contributed by atoms with van der Waals surface area (Å²) in [4.78, 5) is 20.8. The molecule has 3 rings (SSSR count). The van der Waals surface area contributed by atoms with Gasteiger partial charge in [0.1, 0.15) is 5.75 Å². The molecule has 27 heavy (non-hydrogen) atoms. The molecule has 0 atom stereocenters. The molecule has 0 aliphatic heterocycles. The van der Waals surface area contributed by atoms with Gasteiger partial charge in [0.05, 0.1) is 12.7 Å². The third-order valence-electron chi connectivity index (χ3n) is 4.31. The second kappa shape index (κ2) is 8.31. The fourth-order valence-electron chi connectivity index (χ4n) is 2.58. The van der Waals surface area contributed by atoms with Gasteiger partial charge in [-0.3, -0.25) is 4.79 Å². The quantitative estimate of drug-likeness (QED) is 0.694. The first kappa shape index (κ1) is 18.4. The third kappa shape index (κ3) is 4.61. The van der Waals surface area contributed by atoms with Crippen LogP contribution in [0.1, 0.15) is 27.0 Å². The number of aryl methyl sites for hydroxylation is 2. The Morgan fingerprint density at radius 3 is 2.48 bits per heavy atom. The van der Waals surface area contributed by atoms with Gasteiger partial charge < -0.3 is 15.4 Å². The van der Waals surface area contributed by atoms with Crippen molar-refractivity contribution in [1.82, 2.24) is 9.97 Å². The van der Waals surface area contributed by atoms with E-state index < -0.39 is 0 Å². The zero-order valence-corrected chi connectivity index (χ0v) is 15.6. The number of methoxy groups -OCH3 is 1. The number of carbonyl (C=O) groups is 1. The van der Waals surface area contributed by atoms with Crippen molar-refractivity contribution in [2.24, 2.45) is 0 Å². The van der Waals surface area contributed by atoms with Crippen LogP contribution in [0, 0.1) is 13.8 Å². The first-order chi connectivity index (χ1) is 13.1. The van der Waals surface area contributed by atoms with Crippen LogP contribution in [-0.4, -0.2) is 23.0 Å². The zero-order chi connectivity index (χ0) is 19.2. The molecule has 6 nitrogen and oxygen atoms in total. The molecule has 138 valence electrons. The minimum atomic E-state index is -0.241. The maximum atomic E-state index is 12.4. The molecule has 3 aromatic rings. The van der Waals surface area contributed by atoms with Crippen LogP contribution in [0.25, 0.3) is 0 Å². The monoisotopic (exact) mass is 362 g/mol. The van der Waals surface area contributed by atoms with E-state index in [-0.39, 0.29) is 5.91 Å². The molecule has 2 N–H and O–H groups in total. The SMILES string of the molecule is COc1ccccc1CNc1ncc(C(=O)Nc2ccc(C)c(C)c2)cn1. The molecule has 0 saturated heterocycles. The molecule has 1 heterocycles. The second-order valence-corrected chi connectivity index (χ2v) is 6.21. The number of aromatic nitrogens is 2. The average molecular weight is 362 g/mol. The predicted molar refractivity (Wildman–Crippen MR) is 106 cm³/mol. The van der Waals surface area contributed by atoms with Crippen LogP contribution in [0.3, 0.4) is 0 Å². The van der Waals surface area contributed by atoms with Gasteiger partial charge in [-0.15, -0.1) is 0 Å². The van der Waals surface area contributed by atoms with E-state index in [1.807, 2.05) is 56.3 Å². The van der Waals surface area contributed by atoms with Gasteiger partial charge in [0.2, 0.25) is 5.95 Å². The molecule has 0 spiro atoms.